The van der Waals surface area contributed by atoms with E-state index >= 15 is 0 Å². The smallest absolute Gasteiger partial charge is 0.132 e. The monoisotopic (exact) mass is 309 g/mol. The Bertz CT molecular complexity index is 592. The molecule has 2 aromatic rings. The molecule has 1 saturated heterocycles. The Kier molecular flexibility index (Phi) is 5.29. The number of piperidine rings is 1. The van der Waals surface area contributed by atoms with E-state index in [0.717, 1.165) is 11.5 Å². The van der Waals surface area contributed by atoms with Crippen LogP contribution < -0.4 is 4.90 Å². The fraction of sp³-hybridized carbons (Fsp3) is 0.450. The van der Waals surface area contributed by atoms with E-state index in [-0.39, 0.29) is 0 Å². The van der Waals surface area contributed by atoms with Crippen molar-refractivity contribution < 1.29 is 0 Å². The zero-order valence-corrected chi connectivity index (χ0v) is 14.3. The van der Waals surface area contributed by atoms with Crippen LogP contribution in [0.15, 0.2) is 48.7 Å². The van der Waals surface area contributed by atoms with Gasteiger partial charge >= 0.3 is 0 Å². The topological polar surface area (TPSA) is 19.4 Å². The molecule has 3 rings (SSSR count). The van der Waals surface area contributed by atoms with Gasteiger partial charge in [-0.05, 0) is 56.1 Å². The molecule has 23 heavy (non-hydrogen) atoms. The number of aromatic nitrogens is 1. The minimum atomic E-state index is 0.548. The van der Waals surface area contributed by atoms with Crippen LogP contribution in [-0.4, -0.2) is 30.0 Å². The number of pyridine rings is 1. The molecule has 1 atom stereocenters. The lowest BCUT2D eigenvalue weighted by molar-refractivity contribution is 0.149. The molecule has 2 heterocycles. The van der Waals surface area contributed by atoms with Crippen molar-refractivity contribution in [3.8, 4) is 0 Å². The maximum Gasteiger partial charge on any atom is 0.132 e. The molecule has 1 aromatic heterocycles. The van der Waals surface area contributed by atoms with E-state index in [4.69, 9.17) is 4.98 Å². The molecule has 0 spiro atoms. The molecule has 1 aliphatic rings. The molecule has 0 unspecified atom stereocenters. The quantitative estimate of drug-likeness (QED) is 0.792. The van der Waals surface area contributed by atoms with Crippen molar-refractivity contribution in [1.29, 1.82) is 0 Å². The minimum Gasteiger partial charge on any atom is -0.329 e. The van der Waals surface area contributed by atoms with Crippen LogP contribution in [0, 0.1) is 0 Å². The van der Waals surface area contributed by atoms with E-state index in [1.807, 2.05) is 6.07 Å². The summed E-state index contributed by atoms with van der Waals surface area (Å²) in [6.45, 7) is 4.68. The highest BCUT2D eigenvalue weighted by Crippen LogP contribution is 2.31. The highest BCUT2D eigenvalue weighted by atomic mass is 15.2. The summed E-state index contributed by atoms with van der Waals surface area (Å²) < 4.78 is 0. The Morgan fingerprint density at radius 1 is 1.13 bits per heavy atom. The van der Waals surface area contributed by atoms with Crippen molar-refractivity contribution in [3.63, 3.8) is 0 Å². The summed E-state index contributed by atoms with van der Waals surface area (Å²) in [6, 6.07) is 15.3. The SMILES string of the molecule is CCCN1CCCC[C@H]1c1ccc(N(C)c2ccccc2)nc1. The maximum absolute atomic E-state index is 4.72. The van der Waals surface area contributed by atoms with Crippen LogP contribution in [0.2, 0.25) is 0 Å². The molecule has 1 aliphatic heterocycles. The molecule has 0 bridgehead atoms. The van der Waals surface area contributed by atoms with Crippen molar-refractivity contribution >= 4 is 11.5 Å². The summed E-state index contributed by atoms with van der Waals surface area (Å²) in [7, 11) is 2.07. The average Bonchev–Trinajstić information content (AvgIpc) is 2.63. The predicted octanol–water partition coefficient (Wildman–Crippen LogP) is 4.79. The van der Waals surface area contributed by atoms with Crippen LogP contribution in [0.5, 0.6) is 0 Å². The van der Waals surface area contributed by atoms with Gasteiger partial charge in [-0.1, -0.05) is 37.6 Å². The molecule has 0 N–H and O–H groups in total. The van der Waals surface area contributed by atoms with Crippen molar-refractivity contribution in [2.45, 2.75) is 38.6 Å². The normalized spacial score (nSPS) is 18.8. The molecule has 0 saturated carbocycles. The van der Waals surface area contributed by atoms with Gasteiger partial charge < -0.3 is 4.90 Å². The van der Waals surface area contributed by atoms with Gasteiger partial charge in [0.1, 0.15) is 5.82 Å². The number of nitrogens with zero attached hydrogens (tertiary/aromatic N) is 3. The molecule has 1 aromatic carbocycles. The largest absolute Gasteiger partial charge is 0.329 e. The average molecular weight is 309 g/mol. The molecule has 0 radical (unpaired) electrons. The van der Waals surface area contributed by atoms with Gasteiger partial charge in [-0.3, -0.25) is 4.90 Å². The fourth-order valence-corrected chi connectivity index (χ4v) is 3.50. The van der Waals surface area contributed by atoms with Crippen molar-refractivity contribution in [1.82, 2.24) is 9.88 Å². The summed E-state index contributed by atoms with van der Waals surface area (Å²) in [5.41, 5.74) is 2.53. The van der Waals surface area contributed by atoms with Crippen LogP contribution in [-0.2, 0) is 0 Å². The zero-order valence-electron chi connectivity index (χ0n) is 14.3. The number of para-hydroxylation sites is 1. The van der Waals surface area contributed by atoms with E-state index in [2.05, 4.69) is 66.4 Å². The lowest BCUT2D eigenvalue weighted by Gasteiger charge is -2.35. The van der Waals surface area contributed by atoms with Crippen molar-refractivity contribution in [2.75, 3.05) is 25.0 Å². The molecule has 0 amide bonds. The number of hydrogen-bond donors (Lipinski definition) is 0. The third-order valence-corrected chi connectivity index (χ3v) is 4.77. The summed E-state index contributed by atoms with van der Waals surface area (Å²) in [4.78, 5) is 9.48. The Labute approximate surface area is 140 Å². The number of hydrogen-bond acceptors (Lipinski definition) is 3. The highest BCUT2D eigenvalue weighted by Gasteiger charge is 2.23. The first-order valence-electron chi connectivity index (χ1n) is 8.78. The third-order valence-electron chi connectivity index (χ3n) is 4.77. The third kappa shape index (κ3) is 3.73. The first kappa shape index (κ1) is 16.0. The summed E-state index contributed by atoms with van der Waals surface area (Å²) in [5, 5.41) is 0. The van der Waals surface area contributed by atoms with E-state index < -0.39 is 0 Å². The molecular weight excluding hydrogens is 282 g/mol. The minimum absolute atomic E-state index is 0.548. The van der Waals surface area contributed by atoms with Crippen LogP contribution in [0.25, 0.3) is 0 Å². The van der Waals surface area contributed by atoms with E-state index in [9.17, 15) is 0 Å². The second-order valence-corrected chi connectivity index (χ2v) is 6.39. The molecule has 3 nitrogen and oxygen atoms in total. The van der Waals surface area contributed by atoms with Gasteiger partial charge in [-0.2, -0.15) is 0 Å². The first-order chi connectivity index (χ1) is 11.3. The summed E-state index contributed by atoms with van der Waals surface area (Å²) in [6.07, 6.45) is 7.22. The number of rotatable bonds is 5. The van der Waals surface area contributed by atoms with Gasteiger partial charge in [0.15, 0.2) is 0 Å². The summed E-state index contributed by atoms with van der Waals surface area (Å²) >= 11 is 0. The van der Waals surface area contributed by atoms with Gasteiger partial charge in [0.2, 0.25) is 0 Å². The fourth-order valence-electron chi connectivity index (χ4n) is 3.50. The highest BCUT2D eigenvalue weighted by molar-refractivity contribution is 5.58. The standard InChI is InChI=1S/C20H27N3/c1-3-14-23-15-8-7-11-19(23)17-12-13-20(21-16-17)22(2)18-9-5-4-6-10-18/h4-6,9-10,12-13,16,19H,3,7-8,11,14-15H2,1-2H3/t19-/m0/s1. The number of likely N-dealkylation sites (tertiary alicyclic amines) is 1. The van der Waals surface area contributed by atoms with Crippen LogP contribution in [0.3, 0.4) is 0 Å². The van der Waals surface area contributed by atoms with E-state index in [0.29, 0.717) is 6.04 Å². The molecule has 1 fully saturated rings. The van der Waals surface area contributed by atoms with Crippen LogP contribution >= 0.6 is 0 Å². The van der Waals surface area contributed by atoms with E-state index in [1.165, 1.54) is 44.3 Å². The van der Waals surface area contributed by atoms with Crippen LogP contribution in [0.1, 0.15) is 44.2 Å². The first-order valence-corrected chi connectivity index (χ1v) is 8.78. The Balaban J connectivity index is 1.76. The molecule has 3 heteroatoms. The molecular formula is C20H27N3. The van der Waals surface area contributed by atoms with Crippen molar-refractivity contribution in [3.05, 3.63) is 54.2 Å². The second-order valence-electron chi connectivity index (χ2n) is 6.39. The number of anilines is 2. The molecule has 122 valence electrons. The molecule has 0 aliphatic carbocycles. The Morgan fingerprint density at radius 3 is 2.65 bits per heavy atom. The van der Waals surface area contributed by atoms with Gasteiger partial charge in [-0.15, -0.1) is 0 Å². The Morgan fingerprint density at radius 2 is 1.96 bits per heavy atom. The van der Waals surface area contributed by atoms with Gasteiger partial charge in [0, 0.05) is 25.0 Å². The number of benzene rings is 1. The maximum atomic E-state index is 4.72. The van der Waals surface area contributed by atoms with Gasteiger partial charge in [-0.25, -0.2) is 4.98 Å². The zero-order chi connectivity index (χ0) is 16.1. The summed E-state index contributed by atoms with van der Waals surface area (Å²) in [5.74, 6) is 0.998. The lowest BCUT2D eigenvalue weighted by Crippen LogP contribution is -2.34. The predicted molar refractivity (Wildman–Crippen MR) is 97.2 cm³/mol. The van der Waals surface area contributed by atoms with Crippen molar-refractivity contribution in [2.24, 2.45) is 0 Å². The second kappa shape index (κ2) is 7.60. The van der Waals surface area contributed by atoms with Gasteiger partial charge in [0.05, 0.1) is 0 Å². The van der Waals surface area contributed by atoms with Gasteiger partial charge in [0.25, 0.3) is 0 Å². The Hall–Kier alpha value is -1.87. The van der Waals surface area contributed by atoms with Crippen LogP contribution in [0.4, 0.5) is 11.5 Å². The van der Waals surface area contributed by atoms with E-state index in [1.54, 1.807) is 0 Å². The lowest BCUT2D eigenvalue weighted by atomic mass is 9.96.